The fraction of sp³-hybridized carbons (Fsp3) is 0.667. The van der Waals surface area contributed by atoms with Crippen LogP contribution in [0.2, 0.25) is 0 Å². The number of esters is 1. The predicted octanol–water partition coefficient (Wildman–Crippen LogP) is 1.11. The molecule has 0 aromatic carbocycles. The van der Waals surface area contributed by atoms with E-state index in [1.165, 1.54) is 0 Å². The van der Waals surface area contributed by atoms with Gasteiger partial charge in [0.1, 0.15) is 5.94 Å². The van der Waals surface area contributed by atoms with Crippen LogP contribution in [-0.2, 0) is 14.3 Å². The lowest BCUT2D eigenvalue weighted by Gasteiger charge is -2.05. The van der Waals surface area contributed by atoms with Crippen molar-refractivity contribution in [3.63, 3.8) is 0 Å². The van der Waals surface area contributed by atoms with Crippen LogP contribution < -0.4 is 0 Å². The molecule has 1 aliphatic carbocycles. The quantitative estimate of drug-likeness (QED) is 0.458. The molecule has 0 saturated heterocycles. The van der Waals surface area contributed by atoms with Crippen molar-refractivity contribution in [1.82, 2.24) is 0 Å². The predicted molar refractivity (Wildman–Crippen MR) is 43.2 cm³/mol. The van der Waals surface area contributed by atoms with Gasteiger partial charge in [0.2, 0.25) is 0 Å². The fourth-order valence-corrected chi connectivity index (χ4v) is 1.40. The second kappa shape index (κ2) is 4.07. The summed E-state index contributed by atoms with van der Waals surface area (Å²) >= 11 is 0. The first kappa shape index (κ1) is 9.01. The van der Waals surface area contributed by atoms with Crippen molar-refractivity contribution < 1.29 is 14.3 Å². The molecule has 1 rings (SSSR count). The van der Waals surface area contributed by atoms with Crippen molar-refractivity contribution in [3.05, 3.63) is 5.57 Å². The van der Waals surface area contributed by atoms with Crippen molar-refractivity contribution in [2.45, 2.75) is 26.2 Å². The number of ether oxygens (including phenoxy) is 1. The summed E-state index contributed by atoms with van der Waals surface area (Å²) in [5, 5.41) is 0. The van der Waals surface area contributed by atoms with E-state index in [1.807, 2.05) is 5.94 Å². The third kappa shape index (κ3) is 1.95. The van der Waals surface area contributed by atoms with Crippen molar-refractivity contribution in [2.75, 3.05) is 6.61 Å². The summed E-state index contributed by atoms with van der Waals surface area (Å²) in [6, 6.07) is 0. The van der Waals surface area contributed by atoms with Gasteiger partial charge >= 0.3 is 5.97 Å². The lowest BCUT2D eigenvalue weighted by Crippen LogP contribution is -2.14. The molecule has 0 N–H and O–H groups in total. The maximum Gasteiger partial charge on any atom is 0.309 e. The number of rotatable bonds is 2. The van der Waals surface area contributed by atoms with Crippen molar-refractivity contribution in [2.24, 2.45) is 5.92 Å². The molecule has 0 amide bonds. The Balaban J connectivity index is 2.46. The molecule has 0 spiro atoms. The molecule has 1 unspecified atom stereocenters. The molecule has 1 aliphatic rings. The van der Waals surface area contributed by atoms with Crippen LogP contribution in [-0.4, -0.2) is 18.5 Å². The van der Waals surface area contributed by atoms with Gasteiger partial charge in [-0.2, -0.15) is 0 Å². The lowest BCUT2D eigenvalue weighted by molar-refractivity contribution is -0.147. The molecule has 3 nitrogen and oxygen atoms in total. The lowest BCUT2D eigenvalue weighted by atomic mass is 10.1. The average molecular weight is 168 g/mol. The Hall–Kier alpha value is -1.08. The minimum Gasteiger partial charge on any atom is -0.466 e. The first-order valence-corrected chi connectivity index (χ1v) is 4.17. The number of carbonyl (C=O) groups is 1. The van der Waals surface area contributed by atoms with E-state index < -0.39 is 0 Å². The molecular weight excluding hydrogens is 156 g/mol. The number of hydrogen-bond acceptors (Lipinski definition) is 3. The van der Waals surface area contributed by atoms with E-state index in [-0.39, 0.29) is 11.9 Å². The fourth-order valence-electron chi connectivity index (χ4n) is 1.40. The third-order valence-corrected chi connectivity index (χ3v) is 2.05. The van der Waals surface area contributed by atoms with Gasteiger partial charge in [-0.05, 0) is 26.2 Å². The monoisotopic (exact) mass is 168 g/mol. The highest BCUT2D eigenvalue weighted by Crippen LogP contribution is 2.29. The molecule has 0 aromatic rings. The van der Waals surface area contributed by atoms with Gasteiger partial charge in [0, 0.05) is 5.57 Å². The second-order valence-electron chi connectivity index (χ2n) is 2.90. The van der Waals surface area contributed by atoms with E-state index in [0.29, 0.717) is 25.0 Å². The molecule has 3 heteroatoms. The van der Waals surface area contributed by atoms with Crippen molar-refractivity contribution in [1.29, 1.82) is 0 Å². The maximum atomic E-state index is 11.1. The van der Waals surface area contributed by atoms with Gasteiger partial charge in [-0.3, -0.25) is 4.79 Å². The van der Waals surface area contributed by atoms with Crippen LogP contribution in [0.5, 0.6) is 0 Å². The van der Waals surface area contributed by atoms with Gasteiger partial charge in [-0.15, -0.1) is 0 Å². The smallest absolute Gasteiger partial charge is 0.309 e. The van der Waals surface area contributed by atoms with E-state index in [4.69, 9.17) is 4.74 Å². The Morgan fingerprint density at radius 3 is 3.00 bits per heavy atom. The first-order valence-electron chi connectivity index (χ1n) is 4.17. The summed E-state index contributed by atoms with van der Waals surface area (Å²) in [6.07, 6.45) is 1.98. The summed E-state index contributed by atoms with van der Waals surface area (Å²) < 4.78 is 4.84. The van der Waals surface area contributed by atoms with Gasteiger partial charge in [-0.25, -0.2) is 4.79 Å². The van der Waals surface area contributed by atoms with Gasteiger partial charge in [0.15, 0.2) is 0 Å². The van der Waals surface area contributed by atoms with E-state index in [0.717, 1.165) is 6.42 Å². The zero-order valence-corrected chi connectivity index (χ0v) is 7.13. The normalized spacial score (nSPS) is 22.1. The molecule has 0 aliphatic heterocycles. The molecule has 1 fully saturated rings. The largest absolute Gasteiger partial charge is 0.466 e. The Morgan fingerprint density at radius 2 is 2.50 bits per heavy atom. The van der Waals surface area contributed by atoms with E-state index in [9.17, 15) is 9.59 Å². The zero-order chi connectivity index (χ0) is 8.97. The van der Waals surface area contributed by atoms with Gasteiger partial charge in [0.05, 0.1) is 12.5 Å². The zero-order valence-electron chi connectivity index (χ0n) is 7.13. The standard InChI is InChI=1S/C9H12O3/c1-2-12-9(11)8-4-3-7(5-8)6-10/h8H,2-5H2,1H3. The topological polar surface area (TPSA) is 43.4 Å². The number of hydrogen-bond donors (Lipinski definition) is 0. The van der Waals surface area contributed by atoms with Crippen LogP contribution in [0.3, 0.4) is 0 Å². The van der Waals surface area contributed by atoms with E-state index >= 15 is 0 Å². The molecule has 0 aromatic heterocycles. The summed E-state index contributed by atoms with van der Waals surface area (Å²) in [7, 11) is 0. The maximum absolute atomic E-state index is 11.1. The summed E-state index contributed by atoms with van der Waals surface area (Å²) in [6.45, 7) is 2.19. The molecule has 0 bridgehead atoms. The Labute approximate surface area is 71.4 Å². The Kier molecular flexibility index (Phi) is 3.06. The minimum atomic E-state index is -0.178. The highest BCUT2D eigenvalue weighted by Gasteiger charge is 2.27. The SMILES string of the molecule is CCOC(=O)C1CCC(=C=O)C1. The van der Waals surface area contributed by atoms with E-state index in [2.05, 4.69) is 0 Å². The Bertz CT molecular complexity index is 226. The van der Waals surface area contributed by atoms with Crippen LogP contribution in [0.1, 0.15) is 26.2 Å². The summed E-state index contributed by atoms with van der Waals surface area (Å²) in [5.41, 5.74) is 0.716. The molecule has 12 heavy (non-hydrogen) atoms. The first-order chi connectivity index (χ1) is 5.77. The van der Waals surface area contributed by atoms with Gasteiger partial charge in [-0.1, -0.05) is 0 Å². The molecule has 1 saturated carbocycles. The average Bonchev–Trinajstić information content (AvgIpc) is 2.52. The highest BCUT2D eigenvalue weighted by molar-refractivity contribution is 5.74. The van der Waals surface area contributed by atoms with Crippen LogP contribution in [0.25, 0.3) is 0 Å². The van der Waals surface area contributed by atoms with Crippen molar-refractivity contribution in [3.8, 4) is 0 Å². The third-order valence-electron chi connectivity index (χ3n) is 2.05. The molecule has 0 heterocycles. The number of carbonyl (C=O) groups excluding carboxylic acids is 2. The minimum absolute atomic E-state index is 0.0959. The van der Waals surface area contributed by atoms with Gasteiger partial charge < -0.3 is 4.74 Å². The van der Waals surface area contributed by atoms with Crippen LogP contribution in [0, 0.1) is 5.92 Å². The van der Waals surface area contributed by atoms with E-state index in [1.54, 1.807) is 6.92 Å². The Morgan fingerprint density at radius 1 is 1.75 bits per heavy atom. The van der Waals surface area contributed by atoms with Gasteiger partial charge in [0.25, 0.3) is 0 Å². The molecule has 1 atom stereocenters. The summed E-state index contributed by atoms with van der Waals surface area (Å²) in [4.78, 5) is 21.4. The van der Waals surface area contributed by atoms with Crippen LogP contribution >= 0.6 is 0 Å². The summed E-state index contributed by atoms with van der Waals surface area (Å²) in [5.74, 6) is 1.58. The number of allylic oxidation sites excluding steroid dienone is 1. The molecule has 66 valence electrons. The van der Waals surface area contributed by atoms with Crippen LogP contribution in [0.15, 0.2) is 5.57 Å². The second-order valence-corrected chi connectivity index (χ2v) is 2.90. The molecule has 0 radical (unpaired) electrons. The molecular formula is C9H12O3. The van der Waals surface area contributed by atoms with Crippen molar-refractivity contribution >= 4 is 11.9 Å². The van der Waals surface area contributed by atoms with Crippen LogP contribution in [0.4, 0.5) is 0 Å². The highest BCUT2D eigenvalue weighted by atomic mass is 16.5.